The maximum atomic E-state index is 12.4. The largest absolute Gasteiger partial charge is 0.389 e. The SMILES string of the molecule is O=C(NCCc1cnc(C2CC2)nc1)N1CC[C@@]2(O)CCCC[C@@H]2C1. The fourth-order valence-corrected chi connectivity index (χ4v) is 4.23. The van der Waals surface area contributed by atoms with E-state index >= 15 is 0 Å². The van der Waals surface area contributed by atoms with Crippen molar-refractivity contribution in [3.8, 4) is 0 Å². The second-order valence-corrected chi connectivity index (χ2v) is 7.95. The molecule has 2 heterocycles. The maximum Gasteiger partial charge on any atom is 0.317 e. The minimum Gasteiger partial charge on any atom is -0.389 e. The number of fused-ring (bicyclic) bond motifs is 1. The number of aliphatic hydroxyl groups is 1. The van der Waals surface area contributed by atoms with E-state index in [9.17, 15) is 9.90 Å². The van der Waals surface area contributed by atoms with Gasteiger partial charge in [-0.1, -0.05) is 12.8 Å². The van der Waals surface area contributed by atoms with E-state index in [0.29, 0.717) is 32.0 Å². The van der Waals surface area contributed by atoms with Gasteiger partial charge >= 0.3 is 6.03 Å². The zero-order chi connectivity index (χ0) is 17.3. The number of piperidine rings is 1. The van der Waals surface area contributed by atoms with Crippen molar-refractivity contribution in [2.45, 2.75) is 62.9 Å². The lowest BCUT2D eigenvalue weighted by Gasteiger charge is -2.47. The quantitative estimate of drug-likeness (QED) is 0.878. The molecule has 2 saturated carbocycles. The minimum absolute atomic E-state index is 0.0110. The summed E-state index contributed by atoms with van der Waals surface area (Å²) in [6.45, 7) is 1.93. The zero-order valence-electron chi connectivity index (χ0n) is 14.8. The number of nitrogens with zero attached hydrogens (tertiary/aromatic N) is 3. The number of carbonyl (C=O) groups is 1. The number of nitrogens with one attached hydrogen (secondary N) is 1. The summed E-state index contributed by atoms with van der Waals surface area (Å²) in [6, 6.07) is -0.0110. The van der Waals surface area contributed by atoms with Crippen molar-refractivity contribution in [1.82, 2.24) is 20.2 Å². The molecule has 0 radical (unpaired) electrons. The molecular formula is C19H28N4O2. The van der Waals surface area contributed by atoms with E-state index in [-0.39, 0.29) is 11.9 Å². The van der Waals surface area contributed by atoms with Crippen molar-refractivity contribution >= 4 is 6.03 Å². The molecule has 4 rings (SSSR count). The van der Waals surface area contributed by atoms with E-state index in [1.807, 2.05) is 17.3 Å². The average molecular weight is 344 g/mol. The molecule has 136 valence electrons. The van der Waals surface area contributed by atoms with E-state index in [1.165, 1.54) is 19.3 Å². The van der Waals surface area contributed by atoms with Gasteiger partial charge in [-0.2, -0.15) is 0 Å². The molecule has 1 aliphatic heterocycles. The lowest BCUT2D eigenvalue weighted by molar-refractivity contribution is -0.0870. The van der Waals surface area contributed by atoms with Crippen molar-refractivity contribution in [3.05, 3.63) is 23.8 Å². The summed E-state index contributed by atoms with van der Waals surface area (Å²) in [5.41, 5.74) is 0.528. The number of likely N-dealkylation sites (tertiary alicyclic amines) is 1. The Morgan fingerprint density at radius 1 is 1.24 bits per heavy atom. The average Bonchev–Trinajstić information content (AvgIpc) is 3.46. The van der Waals surface area contributed by atoms with Crippen LogP contribution in [0.4, 0.5) is 4.79 Å². The highest BCUT2D eigenvalue weighted by Gasteiger charge is 2.43. The van der Waals surface area contributed by atoms with Crippen LogP contribution in [0.2, 0.25) is 0 Å². The molecule has 6 heteroatoms. The normalized spacial score (nSPS) is 29.2. The van der Waals surface area contributed by atoms with Crippen LogP contribution in [-0.2, 0) is 6.42 Å². The second-order valence-electron chi connectivity index (χ2n) is 7.95. The van der Waals surface area contributed by atoms with Gasteiger partial charge in [0.1, 0.15) is 5.82 Å². The van der Waals surface area contributed by atoms with E-state index in [1.54, 1.807) is 0 Å². The van der Waals surface area contributed by atoms with Gasteiger partial charge in [0.2, 0.25) is 0 Å². The maximum absolute atomic E-state index is 12.4. The van der Waals surface area contributed by atoms with Gasteiger partial charge in [0.15, 0.2) is 0 Å². The predicted octanol–water partition coefficient (Wildman–Crippen LogP) is 2.23. The molecule has 1 aromatic heterocycles. The molecule has 2 N–H and O–H groups in total. The van der Waals surface area contributed by atoms with E-state index < -0.39 is 5.60 Å². The van der Waals surface area contributed by atoms with Gasteiger partial charge in [-0.25, -0.2) is 14.8 Å². The summed E-state index contributed by atoms with van der Waals surface area (Å²) in [6.07, 6.45) is 11.9. The Hall–Kier alpha value is -1.69. The molecule has 2 amide bonds. The van der Waals surface area contributed by atoms with Crippen molar-refractivity contribution < 1.29 is 9.90 Å². The molecule has 0 spiro atoms. The lowest BCUT2D eigenvalue weighted by Crippen LogP contribution is -2.56. The van der Waals surface area contributed by atoms with Crippen LogP contribution in [0.3, 0.4) is 0 Å². The van der Waals surface area contributed by atoms with Crippen LogP contribution in [-0.4, -0.2) is 51.2 Å². The Morgan fingerprint density at radius 3 is 2.80 bits per heavy atom. The Kier molecular flexibility index (Phi) is 4.63. The molecule has 3 fully saturated rings. The van der Waals surface area contributed by atoms with Gasteiger partial charge in [-0.15, -0.1) is 0 Å². The first-order valence-electron chi connectivity index (χ1n) is 9.70. The Labute approximate surface area is 149 Å². The van der Waals surface area contributed by atoms with Crippen molar-refractivity contribution in [2.24, 2.45) is 5.92 Å². The third-order valence-electron chi connectivity index (χ3n) is 6.07. The second kappa shape index (κ2) is 6.90. The van der Waals surface area contributed by atoms with Crippen LogP contribution in [0.15, 0.2) is 12.4 Å². The highest BCUT2D eigenvalue weighted by molar-refractivity contribution is 5.74. The fraction of sp³-hybridized carbons (Fsp3) is 0.737. The number of carbonyl (C=O) groups excluding carboxylic acids is 1. The minimum atomic E-state index is -0.532. The van der Waals surface area contributed by atoms with Gasteiger partial charge in [0, 0.05) is 43.9 Å². The Balaban J connectivity index is 1.23. The lowest BCUT2D eigenvalue weighted by atomic mass is 9.71. The van der Waals surface area contributed by atoms with Gasteiger partial charge < -0.3 is 15.3 Å². The van der Waals surface area contributed by atoms with Gasteiger partial charge in [-0.05, 0) is 44.1 Å². The summed E-state index contributed by atoms with van der Waals surface area (Å²) in [5, 5.41) is 13.7. The summed E-state index contributed by atoms with van der Waals surface area (Å²) in [4.78, 5) is 23.1. The van der Waals surface area contributed by atoms with Gasteiger partial charge in [0.05, 0.1) is 5.60 Å². The fourth-order valence-electron chi connectivity index (χ4n) is 4.23. The highest BCUT2D eigenvalue weighted by Crippen LogP contribution is 2.39. The van der Waals surface area contributed by atoms with Crippen LogP contribution in [0, 0.1) is 5.92 Å². The van der Waals surface area contributed by atoms with Gasteiger partial charge in [-0.3, -0.25) is 0 Å². The predicted molar refractivity (Wildman–Crippen MR) is 94.2 cm³/mol. The number of urea groups is 1. The first kappa shape index (κ1) is 16.8. The van der Waals surface area contributed by atoms with E-state index in [4.69, 9.17) is 0 Å². The molecule has 0 bridgehead atoms. The third kappa shape index (κ3) is 3.78. The molecule has 1 aromatic rings. The molecular weight excluding hydrogens is 316 g/mol. The number of hydrogen-bond donors (Lipinski definition) is 2. The topological polar surface area (TPSA) is 78.4 Å². The summed E-state index contributed by atoms with van der Waals surface area (Å²) in [7, 11) is 0. The zero-order valence-corrected chi connectivity index (χ0v) is 14.8. The number of hydrogen-bond acceptors (Lipinski definition) is 4. The molecule has 2 atom stereocenters. The summed E-state index contributed by atoms with van der Waals surface area (Å²) >= 11 is 0. The van der Waals surface area contributed by atoms with Crippen molar-refractivity contribution in [3.63, 3.8) is 0 Å². The van der Waals surface area contributed by atoms with Crippen molar-refractivity contribution in [2.75, 3.05) is 19.6 Å². The van der Waals surface area contributed by atoms with Crippen LogP contribution >= 0.6 is 0 Å². The van der Waals surface area contributed by atoms with Crippen LogP contribution in [0.25, 0.3) is 0 Å². The standard InChI is InChI=1S/C19H28N4O2/c24-18(23-10-8-19(25)7-2-1-3-16(19)13-23)20-9-6-14-11-21-17(22-12-14)15-4-5-15/h11-12,15-16,25H,1-10,13H2,(H,20,24)/t16-,19+/m1/s1. The van der Waals surface area contributed by atoms with E-state index in [2.05, 4.69) is 15.3 Å². The molecule has 2 aliphatic carbocycles. The van der Waals surface area contributed by atoms with E-state index in [0.717, 1.165) is 37.1 Å². The smallest absolute Gasteiger partial charge is 0.317 e. The first-order valence-corrected chi connectivity index (χ1v) is 9.70. The summed E-state index contributed by atoms with van der Waals surface area (Å²) in [5.74, 6) is 1.77. The third-order valence-corrected chi connectivity index (χ3v) is 6.07. The van der Waals surface area contributed by atoms with Crippen molar-refractivity contribution in [1.29, 1.82) is 0 Å². The number of rotatable bonds is 4. The first-order chi connectivity index (χ1) is 12.1. The summed E-state index contributed by atoms with van der Waals surface area (Å²) < 4.78 is 0. The monoisotopic (exact) mass is 344 g/mol. The Morgan fingerprint density at radius 2 is 2.04 bits per heavy atom. The van der Waals surface area contributed by atoms with Gasteiger partial charge in [0.25, 0.3) is 0 Å². The molecule has 1 saturated heterocycles. The van der Waals surface area contributed by atoms with Crippen LogP contribution < -0.4 is 5.32 Å². The van der Waals surface area contributed by atoms with Crippen LogP contribution in [0.5, 0.6) is 0 Å². The molecule has 0 unspecified atom stereocenters. The number of amides is 2. The highest BCUT2D eigenvalue weighted by atomic mass is 16.3. The molecule has 25 heavy (non-hydrogen) atoms. The van der Waals surface area contributed by atoms with Crippen LogP contribution in [0.1, 0.15) is 62.3 Å². The number of aromatic nitrogens is 2. The Bertz CT molecular complexity index is 616. The molecule has 0 aromatic carbocycles. The molecule has 6 nitrogen and oxygen atoms in total. The molecule has 3 aliphatic rings.